The molecule has 0 atom stereocenters. The second kappa shape index (κ2) is 6.44. The van der Waals surface area contributed by atoms with Crippen molar-refractivity contribution >= 4 is 0 Å². The van der Waals surface area contributed by atoms with Gasteiger partial charge in [-0.05, 0) is 33.2 Å². The SMILES string of the molecule is CCCNCC(C)(C)OCCC. The largest absolute Gasteiger partial charge is 0.374 e. The van der Waals surface area contributed by atoms with E-state index >= 15 is 0 Å². The van der Waals surface area contributed by atoms with Gasteiger partial charge >= 0.3 is 0 Å². The van der Waals surface area contributed by atoms with Gasteiger partial charge in [0.05, 0.1) is 5.60 Å². The molecule has 0 saturated heterocycles. The van der Waals surface area contributed by atoms with Crippen molar-refractivity contribution < 1.29 is 4.74 Å². The molecule has 0 bridgehead atoms. The molecule has 0 aliphatic rings. The van der Waals surface area contributed by atoms with Crippen molar-refractivity contribution in [1.82, 2.24) is 5.32 Å². The Kier molecular flexibility index (Phi) is 6.39. The lowest BCUT2D eigenvalue weighted by atomic mass is 10.1. The van der Waals surface area contributed by atoms with Crippen molar-refractivity contribution in [2.75, 3.05) is 19.7 Å². The molecule has 0 spiro atoms. The van der Waals surface area contributed by atoms with Gasteiger partial charge in [0.15, 0.2) is 0 Å². The van der Waals surface area contributed by atoms with Crippen LogP contribution in [0.15, 0.2) is 0 Å². The van der Waals surface area contributed by atoms with Crippen LogP contribution in [0.2, 0.25) is 0 Å². The van der Waals surface area contributed by atoms with E-state index in [1.54, 1.807) is 0 Å². The quantitative estimate of drug-likeness (QED) is 0.596. The number of ether oxygens (including phenoxy) is 1. The standard InChI is InChI=1S/C10H23NO/c1-5-7-11-9-10(3,4)12-8-6-2/h11H,5-9H2,1-4H3. The second-order valence-electron chi connectivity index (χ2n) is 3.78. The van der Waals surface area contributed by atoms with E-state index in [1.165, 1.54) is 6.42 Å². The minimum atomic E-state index is -0.00875. The summed E-state index contributed by atoms with van der Waals surface area (Å²) in [5, 5.41) is 3.36. The van der Waals surface area contributed by atoms with E-state index in [-0.39, 0.29) is 5.60 Å². The number of hydrogen-bond donors (Lipinski definition) is 1. The molecule has 0 aromatic carbocycles. The zero-order chi connectivity index (χ0) is 9.45. The van der Waals surface area contributed by atoms with Crippen LogP contribution in [0.4, 0.5) is 0 Å². The molecule has 0 aliphatic heterocycles. The average molecular weight is 173 g/mol. The van der Waals surface area contributed by atoms with Gasteiger partial charge in [-0.15, -0.1) is 0 Å². The summed E-state index contributed by atoms with van der Waals surface area (Å²) in [6, 6.07) is 0. The number of hydrogen-bond acceptors (Lipinski definition) is 2. The van der Waals surface area contributed by atoms with Gasteiger partial charge in [0.25, 0.3) is 0 Å². The molecule has 0 rings (SSSR count). The zero-order valence-corrected chi connectivity index (χ0v) is 8.94. The molecule has 12 heavy (non-hydrogen) atoms. The second-order valence-corrected chi connectivity index (χ2v) is 3.78. The molecule has 74 valence electrons. The van der Waals surface area contributed by atoms with Crippen molar-refractivity contribution in [2.24, 2.45) is 0 Å². The highest BCUT2D eigenvalue weighted by Crippen LogP contribution is 2.07. The summed E-state index contributed by atoms with van der Waals surface area (Å²) in [6.45, 7) is 11.5. The van der Waals surface area contributed by atoms with E-state index in [1.807, 2.05) is 0 Å². The van der Waals surface area contributed by atoms with Crippen LogP contribution in [0.1, 0.15) is 40.5 Å². The third kappa shape index (κ3) is 6.62. The summed E-state index contributed by atoms with van der Waals surface area (Å²) < 4.78 is 5.66. The Balaban J connectivity index is 3.42. The van der Waals surface area contributed by atoms with E-state index in [4.69, 9.17) is 4.74 Å². The van der Waals surface area contributed by atoms with Gasteiger partial charge in [0, 0.05) is 13.2 Å². The van der Waals surface area contributed by atoms with Crippen LogP contribution < -0.4 is 5.32 Å². The minimum absolute atomic E-state index is 0.00875. The van der Waals surface area contributed by atoms with Crippen molar-refractivity contribution in [2.45, 2.75) is 46.1 Å². The van der Waals surface area contributed by atoms with Crippen LogP contribution in [0.5, 0.6) is 0 Å². The maximum absolute atomic E-state index is 5.66. The first-order valence-electron chi connectivity index (χ1n) is 4.97. The van der Waals surface area contributed by atoms with Crippen LogP contribution in [-0.2, 0) is 4.74 Å². The van der Waals surface area contributed by atoms with Crippen molar-refractivity contribution in [3.05, 3.63) is 0 Å². The summed E-state index contributed by atoms with van der Waals surface area (Å²) in [5.74, 6) is 0. The van der Waals surface area contributed by atoms with E-state index in [2.05, 4.69) is 33.0 Å². The smallest absolute Gasteiger partial charge is 0.0750 e. The predicted octanol–water partition coefficient (Wildman–Crippen LogP) is 2.19. The molecule has 0 amide bonds. The van der Waals surface area contributed by atoms with Gasteiger partial charge in [-0.3, -0.25) is 0 Å². The Morgan fingerprint density at radius 2 is 1.83 bits per heavy atom. The Morgan fingerprint density at radius 1 is 1.17 bits per heavy atom. The van der Waals surface area contributed by atoms with E-state index in [9.17, 15) is 0 Å². The Bertz CT molecular complexity index is 102. The van der Waals surface area contributed by atoms with Crippen LogP contribution >= 0.6 is 0 Å². The predicted molar refractivity (Wildman–Crippen MR) is 53.5 cm³/mol. The molecule has 0 radical (unpaired) electrons. The summed E-state index contributed by atoms with van der Waals surface area (Å²) in [6.07, 6.45) is 2.28. The summed E-state index contributed by atoms with van der Waals surface area (Å²) in [5.41, 5.74) is -0.00875. The molecular weight excluding hydrogens is 150 g/mol. The Labute approximate surface area is 76.7 Å². The average Bonchev–Trinajstić information content (AvgIpc) is 2.01. The van der Waals surface area contributed by atoms with E-state index in [0.29, 0.717) is 0 Å². The molecule has 0 fully saturated rings. The molecule has 0 aromatic rings. The fourth-order valence-corrected chi connectivity index (χ4v) is 0.996. The van der Waals surface area contributed by atoms with E-state index in [0.717, 1.165) is 26.1 Å². The summed E-state index contributed by atoms with van der Waals surface area (Å²) in [7, 11) is 0. The lowest BCUT2D eigenvalue weighted by molar-refractivity contribution is -0.0157. The molecule has 0 unspecified atom stereocenters. The summed E-state index contributed by atoms with van der Waals surface area (Å²) >= 11 is 0. The monoisotopic (exact) mass is 173 g/mol. The molecule has 2 nitrogen and oxygen atoms in total. The van der Waals surface area contributed by atoms with Crippen LogP contribution in [0.3, 0.4) is 0 Å². The van der Waals surface area contributed by atoms with Gasteiger partial charge in [-0.1, -0.05) is 13.8 Å². The van der Waals surface area contributed by atoms with Gasteiger partial charge in [0.1, 0.15) is 0 Å². The normalized spacial score (nSPS) is 12.0. The first-order valence-corrected chi connectivity index (χ1v) is 4.97. The third-order valence-corrected chi connectivity index (χ3v) is 1.67. The number of nitrogens with one attached hydrogen (secondary N) is 1. The highest BCUT2D eigenvalue weighted by Gasteiger charge is 2.16. The topological polar surface area (TPSA) is 21.3 Å². The molecule has 0 saturated carbocycles. The molecule has 1 N–H and O–H groups in total. The lowest BCUT2D eigenvalue weighted by Gasteiger charge is -2.25. The van der Waals surface area contributed by atoms with Gasteiger partial charge in [0.2, 0.25) is 0 Å². The van der Waals surface area contributed by atoms with Gasteiger partial charge in [-0.25, -0.2) is 0 Å². The van der Waals surface area contributed by atoms with Crippen molar-refractivity contribution in [1.29, 1.82) is 0 Å². The maximum atomic E-state index is 5.66. The molecule has 0 heterocycles. The fraction of sp³-hybridized carbons (Fsp3) is 1.00. The third-order valence-electron chi connectivity index (χ3n) is 1.67. The van der Waals surface area contributed by atoms with Crippen LogP contribution in [-0.4, -0.2) is 25.3 Å². The van der Waals surface area contributed by atoms with Crippen LogP contribution in [0.25, 0.3) is 0 Å². The number of rotatable bonds is 7. The molecule has 0 aromatic heterocycles. The van der Waals surface area contributed by atoms with E-state index < -0.39 is 0 Å². The lowest BCUT2D eigenvalue weighted by Crippen LogP contribution is -2.38. The first-order chi connectivity index (χ1) is 5.62. The molecule has 0 aliphatic carbocycles. The van der Waals surface area contributed by atoms with Gasteiger partial charge in [-0.2, -0.15) is 0 Å². The summed E-state index contributed by atoms with van der Waals surface area (Å²) in [4.78, 5) is 0. The first kappa shape index (κ1) is 11.9. The van der Waals surface area contributed by atoms with Crippen molar-refractivity contribution in [3.63, 3.8) is 0 Å². The Hall–Kier alpha value is -0.0800. The highest BCUT2D eigenvalue weighted by atomic mass is 16.5. The minimum Gasteiger partial charge on any atom is -0.374 e. The highest BCUT2D eigenvalue weighted by molar-refractivity contribution is 4.71. The molecular formula is C10H23NO. The zero-order valence-electron chi connectivity index (χ0n) is 8.94. The molecule has 2 heteroatoms. The van der Waals surface area contributed by atoms with Crippen LogP contribution in [0, 0.1) is 0 Å². The maximum Gasteiger partial charge on any atom is 0.0750 e. The van der Waals surface area contributed by atoms with Crippen molar-refractivity contribution in [3.8, 4) is 0 Å². The van der Waals surface area contributed by atoms with Gasteiger partial charge < -0.3 is 10.1 Å². The fourth-order valence-electron chi connectivity index (χ4n) is 0.996. The Morgan fingerprint density at radius 3 is 2.33 bits per heavy atom.